The van der Waals surface area contributed by atoms with Gasteiger partial charge in [0.05, 0.1) is 32.8 Å². The van der Waals surface area contributed by atoms with Gasteiger partial charge in [-0.25, -0.2) is 0 Å². The van der Waals surface area contributed by atoms with Gasteiger partial charge in [0.25, 0.3) is 0 Å². The summed E-state index contributed by atoms with van der Waals surface area (Å²) in [4.78, 5) is 15.2. The number of ether oxygens (including phenoxy) is 3. The summed E-state index contributed by atoms with van der Waals surface area (Å²) in [5.41, 5.74) is 3.37. The zero-order chi connectivity index (χ0) is 27.0. The predicted molar refractivity (Wildman–Crippen MR) is 143 cm³/mol. The Balaban J connectivity index is 1.59. The first-order valence-electron chi connectivity index (χ1n) is 12.8. The first-order chi connectivity index (χ1) is 18.2. The lowest BCUT2D eigenvalue weighted by Gasteiger charge is -2.38. The molecule has 1 fully saturated rings. The number of hydrogen-bond acceptors (Lipinski definition) is 7. The van der Waals surface area contributed by atoms with Crippen molar-refractivity contribution >= 4 is 17.5 Å². The molecule has 1 aromatic heterocycles. The average Bonchev–Trinajstić information content (AvgIpc) is 3.35. The van der Waals surface area contributed by atoms with Gasteiger partial charge in [0.15, 0.2) is 11.5 Å². The van der Waals surface area contributed by atoms with E-state index >= 15 is 0 Å². The molecule has 38 heavy (non-hydrogen) atoms. The minimum absolute atomic E-state index is 0.0460. The van der Waals surface area contributed by atoms with Crippen LogP contribution in [0.25, 0.3) is 11.1 Å². The van der Waals surface area contributed by atoms with Gasteiger partial charge in [-0.3, -0.25) is 4.79 Å². The molecule has 1 amide bonds. The van der Waals surface area contributed by atoms with E-state index < -0.39 is 17.6 Å². The molecule has 0 radical (unpaired) electrons. The number of aliphatic hydroxyl groups is 1. The topological polar surface area (TPSA) is 94.3 Å². The maximum atomic E-state index is 13.4. The van der Waals surface area contributed by atoms with Crippen molar-refractivity contribution in [1.29, 1.82) is 0 Å². The molecule has 3 aromatic rings. The second-order valence-corrected chi connectivity index (χ2v) is 10.9. The minimum atomic E-state index is -0.657. The number of carbonyl (C=O) groups excluding carboxylic acids is 1. The highest BCUT2D eigenvalue weighted by molar-refractivity contribution is 6.30. The van der Waals surface area contributed by atoms with Crippen molar-refractivity contribution in [3.05, 3.63) is 64.5 Å². The molecule has 9 heteroatoms. The number of para-hydroxylation sites is 1. The first kappa shape index (κ1) is 26.5. The maximum absolute atomic E-state index is 13.4. The average molecular weight is 541 g/mol. The summed E-state index contributed by atoms with van der Waals surface area (Å²) in [5.74, 6) is 1.20. The molecule has 2 aromatic carbocycles. The fourth-order valence-corrected chi connectivity index (χ4v) is 5.80. The summed E-state index contributed by atoms with van der Waals surface area (Å²) in [7, 11) is 3.23. The second kappa shape index (κ2) is 10.6. The molecule has 1 saturated heterocycles. The fourth-order valence-electron chi connectivity index (χ4n) is 5.62. The molecule has 2 atom stereocenters. The van der Waals surface area contributed by atoms with Gasteiger partial charge in [-0.15, -0.1) is 0 Å². The molecule has 1 N–H and O–H groups in total. The molecule has 2 aliphatic rings. The summed E-state index contributed by atoms with van der Waals surface area (Å²) in [6.07, 6.45) is 1.30. The molecular weight excluding hydrogens is 508 g/mol. The highest BCUT2D eigenvalue weighted by atomic mass is 35.5. The number of nitrogens with zero attached hydrogens (tertiary/aromatic N) is 2. The quantitative estimate of drug-likeness (QED) is 0.442. The van der Waals surface area contributed by atoms with E-state index in [0.717, 1.165) is 22.3 Å². The highest BCUT2D eigenvalue weighted by Gasteiger charge is 2.43. The lowest BCUT2D eigenvalue weighted by Crippen LogP contribution is -2.41. The van der Waals surface area contributed by atoms with Gasteiger partial charge >= 0.3 is 0 Å². The third kappa shape index (κ3) is 4.77. The van der Waals surface area contributed by atoms with E-state index in [1.54, 1.807) is 25.4 Å². The number of likely N-dealkylation sites (tertiary alicyclic amines) is 1. The number of benzene rings is 2. The molecule has 202 valence electrons. The molecular formula is C29H33ClN2O6. The number of methoxy groups -OCH3 is 2. The number of aliphatic hydroxyl groups excluding tert-OH is 1. The summed E-state index contributed by atoms with van der Waals surface area (Å²) < 4.78 is 23.7. The maximum Gasteiger partial charge on any atom is 0.225 e. The first-order valence-corrected chi connectivity index (χ1v) is 13.2. The number of halogens is 1. The molecule has 2 aliphatic heterocycles. The molecule has 0 aliphatic carbocycles. The third-order valence-corrected chi connectivity index (χ3v) is 7.95. The van der Waals surface area contributed by atoms with E-state index in [4.69, 9.17) is 30.3 Å². The molecule has 0 spiro atoms. The van der Waals surface area contributed by atoms with Crippen molar-refractivity contribution in [2.45, 2.75) is 56.8 Å². The van der Waals surface area contributed by atoms with Crippen LogP contribution in [-0.2, 0) is 14.9 Å². The molecule has 3 heterocycles. The number of fused-ring (bicyclic) bond motifs is 3. The zero-order valence-corrected chi connectivity index (χ0v) is 22.8. The third-order valence-electron chi connectivity index (χ3n) is 7.72. The minimum Gasteiger partial charge on any atom is -0.493 e. The lowest BCUT2D eigenvalue weighted by molar-refractivity contribution is -0.139. The smallest absolute Gasteiger partial charge is 0.225 e. The monoisotopic (exact) mass is 540 g/mol. The van der Waals surface area contributed by atoms with E-state index in [1.165, 1.54) is 0 Å². The number of amides is 1. The van der Waals surface area contributed by atoms with Crippen LogP contribution in [0.5, 0.6) is 11.5 Å². The van der Waals surface area contributed by atoms with E-state index in [0.29, 0.717) is 48.1 Å². The van der Waals surface area contributed by atoms with Crippen molar-refractivity contribution in [3.8, 4) is 22.6 Å². The lowest BCUT2D eigenvalue weighted by atomic mass is 9.74. The Labute approximate surface area is 227 Å². The van der Waals surface area contributed by atoms with Gasteiger partial charge in [0.2, 0.25) is 5.91 Å². The molecule has 2 unspecified atom stereocenters. The largest absolute Gasteiger partial charge is 0.493 e. The van der Waals surface area contributed by atoms with Crippen LogP contribution in [-0.4, -0.2) is 54.5 Å². The van der Waals surface area contributed by atoms with Crippen molar-refractivity contribution in [2.24, 2.45) is 0 Å². The number of hydrogen-bond donors (Lipinski definition) is 1. The van der Waals surface area contributed by atoms with Gasteiger partial charge in [-0.2, -0.15) is 0 Å². The molecule has 0 saturated carbocycles. The van der Waals surface area contributed by atoms with Crippen LogP contribution in [0.15, 0.2) is 47.2 Å². The van der Waals surface area contributed by atoms with Crippen molar-refractivity contribution in [3.63, 3.8) is 0 Å². The second-order valence-electron chi connectivity index (χ2n) is 10.4. The molecule has 5 rings (SSSR count). The summed E-state index contributed by atoms with van der Waals surface area (Å²) in [6.45, 7) is 5.20. The Bertz CT molecular complexity index is 1310. The van der Waals surface area contributed by atoms with Crippen molar-refractivity contribution in [2.75, 3.05) is 27.3 Å². The van der Waals surface area contributed by atoms with Crippen LogP contribution in [0.4, 0.5) is 0 Å². The van der Waals surface area contributed by atoms with Crippen molar-refractivity contribution in [1.82, 2.24) is 10.1 Å². The van der Waals surface area contributed by atoms with Gasteiger partial charge in [0.1, 0.15) is 18.1 Å². The molecule has 8 nitrogen and oxygen atoms in total. The predicted octanol–water partition coefficient (Wildman–Crippen LogP) is 5.48. The zero-order valence-electron chi connectivity index (χ0n) is 22.1. The van der Waals surface area contributed by atoms with E-state index in [2.05, 4.69) is 19.0 Å². The highest BCUT2D eigenvalue weighted by Crippen LogP contribution is 2.53. The number of carbonyl (C=O) groups is 1. The van der Waals surface area contributed by atoms with Crippen LogP contribution in [0.1, 0.15) is 62.1 Å². The van der Waals surface area contributed by atoms with Crippen LogP contribution >= 0.6 is 11.6 Å². The summed E-state index contributed by atoms with van der Waals surface area (Å²) >= 11 is 6.51. The number of rotatable bonds is 6. The van der Waals surface area contributed by atoms with E-state index in [9.17, 15) is 9.90 Å². The number of aromatic nitrogens is 1. The fraction of sp³-hybridized carbons (Fsp3) is 0.448. The Hall–Kier alpha value is -3.07. The van der Waals surface area contributed by atoms with Crippen molar-refractivity contribution < 1.29 is 28.6 Å². The van der Waals surface area contributed by atoms with Gasteiger partial charge < -0.3 is 28.7 Å². The van der Waals surface area contributed by atoms with Gasteiger partial charge in [0, 0.05) is 34.7 Å². The van der Waals surface area contributed by atoms with Crippen LogP contribution in [0.3, 0.4) is 0 Å². The standard InChI is InChI=1S/C29H33ClN2O6/c1-29(2,22-6-5-7-23(35-3)27(22)36-4)28-20-14-17(30)8-9-19(20)21-16-37-31-26(21)24(38-28)15-25(34)32-12-10-18(33)11-13-32/h5-9,14,16,18,24,28,33H,10-13,15H2,1-4H3. The Kier molecular flexibility index (Phi) is 7.40. The van der Waals surface area contributed by atoms with E-state index in [-0.39, 0.29) is 18.4 Å². The normalized spacial score (nSPS) is 19.9. The SMILES string of the molecule is COc1cccc(C(C)(C)C2OC(CC(=O)N3CCC(O)CC3)c3nocc3-c3ccc(Cl)cc32)c1OC. The van der Waals surface area contributed by atoms with Crippen LogP contribution in [0, 0.1) is 0 Å². The van der Waals surface area contributed by atoms with Gasteiger partial charge in [-0.1, -0.05) is 48.8 Å². The Morgan fingerprint density at radius 1 is 1.16 bits per heavy atom. The van der Waals surface area contributed by atoms with Crippen LogP contribution < -0.4 is 9.47 Å². The van der Waals surface area contributed by atoms with Crippen LogP contribution in [0.2, 0.25) is 5.02 Å². The summed E-state index contributed by atoms with van der Waals surface area (Å²) in [6, 6.07) is 11.5. The Morgan fingerprint density at radius 3 is 2.63 bits per heavy atom. The van der Waals surface area contributed by atoms with E-state index in [1.807, 2.05) is 36.4 Å². The Morgan fingerprint density at radius 2 is 1.92 bits per heavy atom. The summed E-state index contributed by atoms with van der Waals surface area (Å²) in [5, 5.41) is 14.8. The number of piperidine rings is 1. The van der Waals surface area contributed by atoms with Gasteiger partial charge in [-0.05, 0) is 42.2 Å². The molecule has 0 bridgehead atoms.